The Kier molecular flexibility index (Phi) is 5.71. The Labute approximate surface area is 195 Å². The zero-order valence-corrected chi connectivity index (χ0v) is 19.2. The van der Waals surface area contributed by atoms with E-state index in [2.05, 4.69) is 37.8 Å². The Hall–Kier alpha value is -3.10. The zero-order chi connectivity index (χ0) is 22.1. The number of rotatable bonds is 6. The molecule has 1 aliphatic carbocycles. The molecular weight excluding hydrogens is 442 g/mol. The maximum Gasteiger partial charge on any atom is 0.194 e. The molecule has 0 saturated carbocycles. The van der Waals surface area contributed by atoms with Gasteiger partial charge in [-0.1, -0.05) is 24.6 Å². The summed E-state index contributed by atoms with van der Waals surface area (Å²) in [6.45, 7) is 2.79. The van der Waals surface area contributed by atoms with Gasteiger partial charge in [0, 0.05) is 55.9 Å². The quantitative estimate of drug-likeness (QED) is 0.374. The molecule has 4 aromatic heterocycles. The Morgan fingerprint density at radius 3 is 2.78 bits per heavy atom. The number of allylic oxidation sites excluding steroid dienone is 1. The molecule has 0 amide bonds. The molecule has 0 aromatic carbocycles. The van der Waals surface area contributed by atoms with Crippen LogP contribution in [-0.4, -0.2) is 37.0 Å². The lowest BCUT2D eigenvalue weighted by Crippen LogP contribution is -2.20. The first-order valence-corrected chi connectivity index (χ1v) is 11.4. The first-order chi connectivity index (χ1) is 15.6. The van der Waals surface area contributed by atoms with Gasteiger partial charge in [-0.3, -0.25) is 9.97 Å². The molecule has 0 atom stereocenters. The second kappa shape index (κ2) is 8.80. The lowest BCUT2D eigenvalue weighted by Gasteiger charge is -2.22. The molecular formula is C23H20ClN7S. The van der Waals surface area contributed by atoms with E-state index in [0.717, 1.165) is 50.9 Å². The summed E-state index contributed by atoms with van der Waals surface area (Å²) in [7, 11) is 2.02. The number of halogens is 1. The van der Waals surface area contributed by atoms with E-state index < -0.39 is 0 Å². The average Bonchev–Trinajstić information content (AvgIpc) is 3.14. The summed E-state index contributed by atoms with van der Waals surface area (Å²) in [5.41, 5.74) is 5.55. The highest BCUT2D eigenvalue weighted by molar-refractivity contribution is 7.99. The van der Waals surface area contributed by atoms with E-state index in [-0.39, 0.29) is 0 Å². The van der Waals surface area contributed by atoms with Crippen molar-refractivity contribution in [3.63, 3.8) is 0 Å². The zero-order valence-electron chi connectivity index (χ0n) is 17.7. The van der Waals surface area contributed by atoms with Crippen molar-refractivity contribution >= 4 is 45.4 Å². The lowest BCUT2D eigenvalue weighted by molar-refractivity contribution is 0.831. The van der Waals surface area contributed by atoms with Gasteiger partial charge in [-0.25, -0.2) is 19.9 Å². The van der Waals surface area contributed by atoms with E-state index in [1.807, 2.05) is 25.4 Å². The predicted octanol–water partition coefficient (Wildman–Crippen LogP) is 4.91. The molecule has 9 heteroatoms. The fourth-order valence-corrected chi connectivity index (χ4v) is 4.89. The smallest absolute Gasteiger partial charge is 0.194 e. The van der Waals surface area contributed by atoms with Crippen LogP contribution in [0.15, 0.2) is 64.8 Å². The molecule has 0 bridgehead atoms. The van der Waals surface area contributed by atoms with E-state index in [9.17, 15) is 0 Å². The fourth-order valence-electron chi connectivity index (χ4n) is 3.72. The van der Waals surface area contributed by atoms with Crippen molar-refractivity contribution in [1.82, 2.24) is 29.9 Å². The molecule has 1 aliphatic rings. The van der Waals surface area contributed by atoms with E-state index in [1.54, 1.807) is 24.8 Å². The third-order valence-electron chi connectivity index (χ3n) is 5.29. The molecule has 5 rings (SSSR count). The minimum absolute atomic E-state index is 0.618. The van der Waals surface area contributed by atoms with Gasteiger partial charge in [0.25, 0.3) is 0 Å². The third kappa shape index (κ3) is 4.03. The van der Waals surface area contributed by atoms with Crippen LogP contribution in [0.25, 0.3) is 16.2 Å². The summed E-state index contributed by atoms with van der Waals surface area (Å²) >= 11 is 8.23. The standard InChI is InChI=1S/C23H20ClN7S/c1-3-15-9-17-19(20(15)24)22(31(2)13-14-5-4-6-25-11-14)30-23(29-17)32-16-10-18-21(28-12-16)27-8-7-26-18/h4-8,10-12H,3,9,13H2,1-2H3. The maximum atomic E-state index is 6.77. The number of pyridine rings is 2. The van der Waals surface area contributed by atoms with E-state index in [1.165, 1.54) is 17.3 Å². The minimum atomic E-state index is 0.618. The summed E-state index contributed by atoms with van der Waals surface area (Å²) in [6, 6.07) is 5.95. The van der Waals surface area contributed by atoms with E-state index >= 15 is 0 Å². The summed E-state index contributed by atoms with van der Waals surface area (Å²) in [4.78, 5) is 30.0. The second-order valence-corrected chi connectivity index (χ2v) is 8.91. The van der Waals surface area contributed by atoms with E-state index in [0.29, 0.717) is 17.3 Å². The molecule has 0 radical (unpaired) electrons. The summed E-state index contributed by atoms with van der Waals surface area (Å²) in [6.07, 6.45) is 10.3. The van der Waals surface area contributed by atoms with Gasteiger partial charge < -0.3 is 4.90 Å². The van der Waals surface area contributed by atoms with Crippen LogP contribution in [0.5, 0.6) is 0 Å². The normalized spacial score (nSPS) is 13.0. The topological polar surface area (TPSA) is 80.6 Å². The first-order valence-electron chi connectivity index (χ1n) is 10.3. The summed E-state index contributed by atoms with van der Waals surface area (Å²) in [5.74, 6) is 0.823. The molecule has 160 valence electrons. The van der Waals surface area contributed by atoms with Crippen molar-refractivity contribution < 1.29 is 0 Å². The maximum absolute atomic E-state index is 6.77. The van der Waals surface area contributed by atoms with Gasteiger partial charge in [0.2, 0.25) is 0 Å². The van der Waals surface area contributed by atoms with Crippen LogP contribution in [0, 0.1) is 0 Å². The van der Waals surface area contributed by atoms with Crippen molar-refractivity contribution in [2.75, 3.05) is 11.9 Å². The Bertz CT molecular complexity index is 1330. The van der Waals surface area contributed by atoms with Gasteiger partial charge in [-0.15, -0.1) is 0 Å². The summed E-state index contributed by atoms with van der Waals surface area (Å²) in [5, 5.41) is 1.43. The lowest BCUT2D eigenvalue weighted by atomic mass is 10.2. The van der Waals surface area contributed by atoms with Crippen molar-refractivity contribution in [2.24, 2.45) is 0 Å². The van der Waals surface area contributed by atoms with Crippen LogP contribution in [0.1, 0.15) is 30.2 Å². The highest BCUT2D eigenvalue weighted by Gasteiger charge is 2.28. The van der Waals surface area contributed by atoms with Gasteiger partial charge in [0.15, 0.2) is 10.8 Å². The van der Waals surface area contributed by atoms with Crippen LogP contribution in [-0.2, 0) is 13.0 Å². The number of hydrogen-bond acceptors (Lipinski definition) is 8. The van der Waals surface area contributed by atoms with Gasteiger partial charge in [-0.2, -0.15) is 0 Å². The number of hydrogen-bond donors (Lipinski definition) is 0. The molecule has 32 heavy (non-hydrogen) atoms. The third-order valence-corrected chi connectivity index (χ3v) is 6.57. The van der Waals surface area contributed by atoms with Crippen LogP contribution in [0.4, 0.5) is 5.82 Å². The van der Waals surface area contributed by atoms with Crippen molar-refractivity contribution in [1.29, 1.82) is 0 Å². The Balaban J connectivity index is 1.52. The van der Waals surface area contributed by atoms with Gasteiger partial charge in [0.1, 0.15) is 11.3 Å². The van der Waals surface area contributed by atoms with E-state index in [4.69, 9.17) is 21.6 Å². The molecule has 4 heterocycles. The molecule has 0 saturated heterocycles. The van der Waals surface area contributed by atoms with Crippen LogP contribution >= 0.6 is 23.4 Å². The molecule has 0 spiro atoms. The Morgan fingerprint density at radius 1 is 1.09 bits per heavy atom. The van der Waals surface area contributed by atoms with Gasteiger partial charge in [-0.05, 0) is 41.5 Å². The Morgan fingerprint density at radius 2 is 1.97 bits per heavy atom. The highest BCUT2D eigenvalue weighted by Crippen LogP contribution is 2.42. The monoisotopic (exact) mass is 461 g/mol. The number of anilines is 1. The summed E-state index contributed by atoms with van der Waals surface area (Å²) < 4.78 is 0. The minimum Gasteiger partial charge on any atom is -0.355 e. The van der Waals surface area contributed by atoms with Crippen LogP contribution < -0.4 is 4.90 Å². The molecule has 0 aliphatic heterocycles. The SMILES string of the molecule is CCC1=C(Cl)c2c(nc(Sc3cnc4nccnc4c3)nc2N(C)Cc2cccnc2)C1. The van der Waals surface area contributed by atoms with Crippen molar-refractivity contribution in [3.8, 4) is 0 Å². The average molecular weight is 462 g/mol. The fraction of sp³-hybridized carbons (Fsp3) is 0.217. The van der Waals surface area contributed by atoms with Crippen molar-refractivity contribution in [3.05, 3.63) is 71.6 Å². The number of aromatic nitrogens is 6. The highest BCUT2D eigenvalue weighted by atomic mass is 35.5. The van der Waals surface area contributed by atoms with Crippen LogP contribution in [0.3, 0.4) is 0 Å². The molecule has 7 nitrogen and oxygen atoms in total. The molecule has 4 aromatic rings. The number of nitrogens with zero attached hydrogens (tertiary/aromatic N) is 7. The second-order valence-electron chi connectivity index (χ2n) is 7.49. The predicted molar refractivity (Wildman–Crippen MR) is 127 cm³/mol. The first kappa shape index (κ1) is 20.8. The van der Waals surface area contributed by atoms with Crippen LogP contribution in [0.2, 0.25) is 0 Å². The largest absolute Gasteiger partial charge is 0.355 e. The van der Waals surface area contributed by atoms with Crippen molar-refractivity contribution in [2.45, 2.75) is 36.4 Å². The van der Waals surface area contributed by atoms with Gasteiger partial charge in [0.05, 0.1) is 16.3 Å². The molecule has 0 unspecified atom stereocenters. The number of fused-ring (bicyclic) bond motifs is 2. The molecule has 0 N–H and O–H groups in total. The van der Waals surface area contributed by atoms with Gasteiger partial charge >= 0.3 is 0 Å². The molecule has 0 fully saturated rings.